The minimum Gasteiger partial charge on any atom is -0.493 e. The first kappa shape index (κ1) is 14.7. The van der Waals surface area contributed by atoms with Gasteiger partial charge in [0.25, 0.3) is 5.91 Å². The van der Waals surface area contributed by atoms with Crippen LogP contribution in [-0.4, -0.2) is 44.2 Å². The Morgan fingerprint density at radius 3 is 2.60 bits per heavy atom. The number of amides is 1. The van der Waals surface area contributed by atoms with Gasteiger partial charge >= 0.3 is 0 Å². The summed E-state index contributed by atoms with van der Waals surface area (Å²) in [6.07, 6.45) is 1.99. The van der Waals surface area contributed by atoms with Crippen LogP contribution in [0.4, 0.5) is 0 Å². The average Bonchev–Trinajstić information content (AvgIpc) is 2.94. The van der Waals surface area contributed by atoms with E-state index in [-0.39, 0.29) is 11.9 Å². The van der Waals surface area contributed by atoms with Crippen molar-refractivity contribution in [2.45, 2.75) is 25.8 Å². The Kier molecular flexibility index (Phi) is 4.49. The Morgan fingerprint density at radius 1 is 1.35 bits per heavy atom. The summed E-state index contributed by atoms with van der Waals surface area (Å²) >= 11 is 0. The van der Waals surface area contributed by atoms with Crippen molar-refractivity contribution in [2.24, 2.45) is 5.73 Å². The lowest BCUT2D eigenvalue weighted by atomic mass is 10.1. The monoisotopic (exact) mass is 278 g/mol. The average molecular weight is 278 g/mol. The lowest BCUT2D eigenvalue weighted by Gasteiger charge is -2.24. The zero-order valence-corrected chi connectivity index (χ0v) is 12.3. The molecular weight excluding hydrogens is 256 g/mol. The van der Waals surface area contributed by atoms with Crippen molar-refractivity contribution in [2.75, 3.05) is 27.3 Å². The van der Waals surface area contributed by atoms with Gasteiger partial charge in [-0.15, -0.1) is 0 Å². The molecule has 0 saturated carbocycles. The molecule has 1 atom stereocenters. The van der Waals surface area contributed by atoms with E-state index in [2.05, 4.69) is 0 Å². The topological polar surface area (TPSA) is 64.8 Å². The number of hydrogen-bond donors (Lipinski definition) is 1. The van der Waals surface area contributed by atoms with Gasteiger partial charge in [-0.2, -0.15) is 0 Å². The number of rotatable bonds is 4. The zero-order chi connectivity index (χ0) is 14.7. The molecule has 1 fully saturated rings. The van der Waals surface area contributed by atoms with E-state index >= 15 is 0 Å². The van der Waals surface area contributed by atoms with Gasteiger partial charge in [-0.05, 0) is 37.5 Å². The first-order chi connectivity index (χ1) is 9.62. The van der Waals surface area contributed by atoms with Gasteiger partial charge in [-0.25, -0.2) is 0 Å². The number of benzene rings is 1. The summed E-state index contributed by atoms with van der Waals surface area (Å²) in [4.78, 5) is 14.5. The number of carbonyl (C=O) groups is 1. The number of likely N-dealkylation sites (tertiary alicyclic amines) is 1. The van der Waals surface area contributed by atoms with Crippen LogP contribution in [0.1, 0.15) is 28.8 Å². The fourth-order valence-electron chi connectivity index (χ4n) is 2.71. The molecule has 1 aliphatic heterocycles. The van der Waals surface area contributed by atoms with Gasteiger partial charge in [0.05, 0.1) is 14.2 Å². The maximum atomic E-state index is 12.7. The Bertz CT molecular complexity index is 502. The van der Waals surface area contributed by atoms with Gasteiger partial charge in [-0.3, -0.25) is 4.79 Å². The van der Waals surface area contributed by atoms with Gasteiger partial charge < -0.3 is 20.1 Å². The lowest BCUT2D eigenvalue weighted by Crippen LogP contribution is -2.40. The Labute approximate surface area is 119 Å². The molecule has 2 N–H and O–H groups in total. The molecule has 5 nitrogen and oxygen atoms in total. The molecule has 1 unspecified atom stereocenters. The van der Waals surface area contributed by atoms with Crippen LogP contribution < -0.4 is 15.2 Å². The molecule has 0 aliphatic carbocycles. The molecule has 1 heterocycles. The third-order valence-corrected chi connectivity index (χ3v) is 3.87. The molecule has 1 saturated heterocycles. The largest absolute Gasteiger partial charge is 0.493 e. The van der Waals surface area contributed by atoms with Gasteiger partial charge in [-0.1, -0.05) is 0 Å². The van der Waals surface area contributed by atoms with E-state index in [1.807, 2.05) is 17.9 Å². The molecule has 0 bridgehead atoms. The highest BCUT2D eigenvalue weighted by Crippen LogP contribution is 2.31. The second-order valence-corrected chi connectivity index (χ2v) is 5.05. The lowest BCUT2D eigenvalue weighted by molar-refractivity contribution is 0.0740. The summed E-state index contributed by atoms with van der Waals surface area (Å²) in [6.45, 7) is 3.19. The summed E-state index contributed by atoms with van der Waals surface area (Å²) < 4.78 is 10.5. The summed E-state index contributed by atoms with van der Waals surface area (Å²) in [5.41, 5.74) is 7.28. The van der Waals surface area contributed by atoms with E-state index in [4.69, 9.17) is 15.2 Å². The molecule has 110 valence electrons. The van der Waals surface area contributed by atoms with E-state index in [1.54, 1.807) is 20.3 Å². The van der Waals surface area contributed by atoms with Crippen LogP contribution in [0.25, 0.3) is 0 Å². The fraction of sp³-hybridized carbons (Fsp3) is 0.533. The SMILES string of the molecule is COc1cc(C)c(C(=O)N2CCCC2CN)cc1OC. The molecule has 5 heteroatoms. The van der Waals surface area contributed by atoms with Crippen molar-refractivity contribution in [1.29, 1.82) is 0 Å². The van der Waals surface area contributed by atoms with Crippen LogP contribution in [0.15, 0.2) is 12.1 Å². The number of methoxy groups -OCH3 is 2. The van der Waals surface area contributed by atoms with Crippen molar-refractivity contribution < 1.29 is 14.3 Å². The third-order valence-electron chi connectivity index (χ3n) is 3.87. The highest BCUT2D eigenvalue weighted by atomic mass is 16.5. The van der Waals surface area contributed by atoms with Gasteiger partial charge in [0.15, 0.2) is 11.5 Å². The molecule has 0 spiro atoms. The Balaban J connectivity index is 2.34. The fourth-order valence-corrected chi connectivity index (χ4v) is 2.71. The Hall–Kier alpha value is -1.75. The first-order valence-electron chi connectivity index (χ1n) is 6.86. The molecule has 1 aliphatic rings. The van der Waals surface area contributed by atoms with Gasteiger partial charge in [0.1, 0.15) is 0 Å². The summed E-state index contributed by atoms with van der Waals surface area (Å²) in [5.74, 6) is 1.24. The van der Waals surface area contributed by atoms with Gasteiger partial charge in [0.2, 0.25) is 0 Å². The summed E-state index contributed by atoms with van der Waals surface area (Å²) in [7, 11) is 3.16. The predicted molar refractivity (Wildman–Crippen MR) is 77.4 cm³/mol. The van der Waals surface area contributed by atoms with Crippen molar-refractivity contribution >= 4 is 5.91 Å². The number of ether oxygens (including phenoxy) is 2. The van der Waals surface area contributed by atoms with Crippen LogP contribution in [0.2, 0.25) is 0 Å². The maximum Gasteiger partial charge on any atom is 0.254 e. The van der Waals surface area contributed by atoms with Crippen molar-refractivity contribution in [1.82, 2.24) is 4.90 Å². The van der Waals surface area contributed by atoms with Crippen molar-refractivity contribution in [3.05, 3.63) is 23.3 Å². The predicted octanol–water partition coefficient (Wildman–Crippen LogP) is 1.58. The molecule has 1 aromatic carbocycles. The number of nitrogens with zero attached hydrogens (tertiary/aromatic N) is 1. The van der Waals surface area contributed by atoms with E-state index in [0.29, 0.717) is 23.6 Å². The quantitative estimate of drug-likeness (QED) is 0.908. The standard InChI is InChI=1S/C15H22N2O3/c1-10-7-13(19-2)14(20-3)8-12(10)15(18)17-6-4-5-11(17)9-16/h7-8,11H,4-6,9,16H2,1-3H3. The molecule has 1 amide bonds. The van der Waals surface area contributed by atoms with Crippen LogP contribution in [0.3, 0.4) is 0 Å². The first-order valence-corrected chi connectivity index (χ1v) is 6.86. The number of aryl methyl sites for hydroxylation is 1. The van der Waals surface area contributed by atoms with E-state index in [0.717, 1.165) is 24.9 Å². The van der Waals surface area contributed by atoms with Crippen molar-refractivity contribution in [3.63, 3.8) is 0 Å². The maximum absolute atomic E-state index is 12.7. The van der Waals surface area contributed by atoms with Crippen LogP contribution in [0, 0.1) is 6.92 Å². The van der Waals surface area contributed by atoms with E-state index < -0.39 is 0 Å². The van der Waals surface area contributed by atoms with E-state index in [1.165, 1.54) is 0 Å². The molecular formula is C15H22N2O3. The van der Waals surface area contributed by atoms with Gasteiger partial charge in [0, 0.05) is 24.7 Å². The highest BCUT2D eigenvalue weighted by Gasteiger charge is 2.29. The minimum absolute atomic E-state index is 0.0244. The molecule has 1 aromatic rings. The van der Waals surface area contributed by atoms with E-state index in [9.17, 15) is 4.79 Å². The van der Waals surface area contributed by atoms with Crippen LogP contribution in [0.5, 0.6) is 11.5 Å². The number of carbonyl (C=O) groups excluding carboxylic acids is 1. The molecule has 0 radical (unpaired) electrons. The van der Waals surface area contributed by atoms with Crippen LogP contribution >= 0.6 is 0 Å². The summed E-state index contributed by atoms with van der Waals surface area (Å²) in [5, 5.41) is 0. The highest BCUT2D eigenvalue weighted by molar-refractivity contribution is 5.96. The smallest absolute Gasteiger partial charge is 0.254 e. The molecule has 20 heavy (non-hydrogen) atoms. The van der Waals surface area contributed by atoms with Crippen molar-refractivity contribution in [3.8, 4) is 11.5 Å². The minimum atomic E-state index is 0.0244. The van der Waals surface area contributed by atoms with Crippen LogP contribution in [-0.2, 0) is 0 Å². The molecule has 2 rings (SSSR count). The Morgan fingerprint density at radius 2 is 2.00 bits per heavy atom. The summed E-state index contributed by atoms with van der Waals surface area (Å²) in [6, 6.07) is 3.73. The number of nitrogens with two attached hydrogens (primary N) is 1. The normalized spacial score (nSPS) is 18.2. The second-order valence-electron chi connectivity index (χ2n) is 5.05. The zero-order valence-electron chi connectivity index (χ0n) is 12.3. The third kappa shape index (κ3) is 2.58. The second kappa shape index (κ2) is 6.13. The molecule has 0 aromatic heterocycles. The number of hydrogen-bond acceptors (Lipinski definition) is 4.